The number of hydrogen-bond acceptors (Lipinski definition) is 1. The van der Waals surface area contributed by atoms with E-state index in [4.69, 9.17) is 16.3 Å². The molecular weight excluding hydrogens is 338 g/mol. The molecule has 0 spiro atoms. The fraction of sp³-hybridized carbons (Fsp3) is 0.143. The van der Waals surface area contributed by atoms with Crippen LogP contribution in [-0.2, 0) is 0 Å². The Labute approximate surface area is 123 Å². The first kappa shape index (κ1) is 14.3. The van der Waals surface area contributed by atoms with Crippen LogP contribution in [0.4, 0.5) is 8.78 Å². The van der Waals surface area contributed by atoms with Crippen LogP contribution in [0.3, 0.4) is 0 Å². The summed E-state index contributed by atoms with van der Waals surface area (Å²) in [5.41, 5.74) is 1.22. The standard InChI is InChI=1S/C14H10BrClF2O/c1-19-13-5-3-9(17)7-10(13)14(15)8-2-4-11(16)12(18)6-8/h2-7,14H,1H3. The van der Waals surface area contributed by atoms with E-state index < -0.39 is 5.82 Å². The van der Waals surface area contributed by atoms with Gasteiger partial charge in [0.25, 0.3) is 0 Å². The molecule has 5 heteroatoms. The normalized spacial score (nSPS) is 12.3. The second-order valence-electron chi connectivity index (χ2n) is 3.92. The van der Waals surface area contributed by atoms with Gasteiger partial charge in [-0.15, -0.1) is 0 Å². The number of benzene rings is 2. The monoisotopic (exact) mass is 346 g/mol. The van der Waals surface area contributed by atoms with Crippen LogP contribution in [0.2, 0.25) is 5.02 Å². The smallest absolute Gasteiger partial charge is 0.142 e. The fourth-order valence-electron chi connectivity index (χ4n) is 1.75. The first-order valence-electron chi connectivity index (χ1n) is 5.45. The van der Waals surface area contributed by atoms with E-state index in [1.54, 1.807) is 6.07 Å². The first-order valence-corrected chi connectivity index (χ1v) is 6.74. The van der Waals surface area contributed by atoms with Crippen LogP contribution < -0.4 is 4.74 Å². The summed E-state index contributed by atoms with van der Waals surface area (Å²) in [5, 5.41) is 0.0506. The Bertz CT molecular complexity index is 604. The lowest BCUT2D eigenvalue weighted by Crippen LogP contribution is -1.98. The molecule has 0 saturated carbocycles. The third-order valence-electron chi connectivity index (χ3n) is 2.70. The van der Waals surface area contributed by atoms with E-state index in [0.717, 1.165) is 0 Å². The van der Waals surface area contributed by atoms with E-state index in [9.17, 15) is 8.78 Å². The Kier molecular flexibility index (Phi) is 4.42. The lowest BCUT2D eigenvalue weighted by atomic mass is 10.0. The van der Waals surface area contributed by atoms with Crippen molar-refractivity contribution in [3.8, 4) is 5.75 Å². The van der Waals surface area contributed by atoms with Crippen molar-refractivity contribution in [1.29, 1.82) is 0 Å². The number of ether oxygens (including phenoxy) is 1. The molecule has 0 saturated heterocycles. The summed E-state index contributed by atoms with van der Waals surface area (Å²) in [5.74, 6) is -0.368. The molecule has 2 aromatic rings. The summed E-state index contributed by atoms with van der Waals surface area (Å²) in [6.07, 6.45) is 0. The van der Waals surface area contributed by atoms with Crippen molar-refractivity contribution in [2.75, 3.05) is 7.11 Å². The van der Waals surface area contributed by atoms with Crippen LogP contribution in [0.25, 0.3) is 0 Å². The van der Waals surface area contributed by atoms with Gasteiger partial charge in [-0.25, -0.2) is 8.78 Å². The Balaban J connectivity index is 2.45. The lowest BCUT2D eigenvalue weighted by Gasteiger charge is -2.15. The van der Waals surface area contributed by atoms with Gasteiger partial charge < -0.3 is 4.74 Å². The van der Waals surface area contributed by atoms with Gasteiger partial charge in [0, 0.05) is 5.56 Å². The van der Waals surface area contributed by atoms with Crippen molar-refractivity contribution in [1.82, 2.24) is 0 Å². The first-order chi connectivity index (χ1) is 9.02. The van der Waals surface area contributed by atoms with Crippen LogP contribution in [-0.4, -0.2) is 7.11 Å². The van der Waals surface area contributed by atoms with Gasteiger partial charge in [-0.05, 0) is 35.9 Å². The molecule has 0 fully saturated rings. The average Bonchev–Trinajstić information content (AvgIpc) is 2.41. The molecule has 2 rings (SSSR count). The quantitative estimate of drug-likeness (QED) is 0.701. The van der Waals surface area contributed by atoms with E-state index in [-0.39, 0.29) is 15.7 Å². The zero-order valence-electron chi connectivity index (χ0n) is 9.96. The maximum atomic E-state index is 13.5. The lowest BCUT2D eigenvalue weighted by molar-refractivity contribution is 0.409. The Morgan fingerprint density at radius 2 is 1.89 bits per heavy atom. The highest BCUT2D eigenvalue weighted by Gasteiger charge is 2.17. The highest BCUT2D eigenvalue weighted by Crippen LogP contribution is 2.37. The van der Waals surface area contributed by atoms with Crippen molar-refractivity contribution < 1.29 is 13.5 Å². The molecule has 0 aliphatic rings. The summed E-state index contributed by atoms with van der Waals surface area (Å²) >= 11 is 9.06. The maximum Gasteiger partial charge on any atom is 0.142 e. The molecule has 100 valence electrons. The minimum absolute atomic E-state index is 0.0506. The molecule has 0 radical (unpaired) electrons. The van der Waals surface area contributed by atoms with Gasteiger partial charge in [0.05, 0.1) is 17.0 Å². The second kappa shape index (κ2) is 5.88. The van der Waals surface area contributed by atoms with E-state index in [2.05, 4.69) is 15.9 Å². The molecule has 0 heterocycles. The third kappa shape index (κ3) is 3.07. The maximum absolute atomic E-state index is 13.5. The van der Waals surface area contributed by atoms with E-state index in [1.165, 1.54) is 37.4 Å². The predicted octanol–water partition coefficient (Wildman–Crippen LogP) is 5.11. The largest absolute Gasteiger partial charge is 0.496 e. The molecular formula is C14H10BrClF2O. The third-order valence-corrected chi connectivity index (χ3v) is 4.03. The van der Waals surface area contributed by atoms with Crippen molar-refractivity contribution in [3.05, 3.63) is 64.2 Å². The van der Waals surface area contributed by atoms with Gasteiger partial charge in [-0.1, -0.05) is 33.6 Å². The van der Waals surface area contributed by atoms with Gasteiger partial charge in [0.15, 0.2) is 0 Å². The SMILES string of the molecule is COc1ccc(F)cc1C(Br)c1ccc(Cl)c(F)c1. The Morgan fingerprint density at radius 3 is 2.53 bits per heavy atom. The van der Waals surface area contributed by atoms with Crippen LogP contribution >= 0.6 is 27.5 Å². The van der Waals surface area contributed by atoms with Crippen molar-refractivity contribution in [3.63, 3.8) is 0 Å². The highest BCUT2D eigenvalue weighted by molar-refractivity contribution is 9.09. The van der Waals surface area contributed by atoms with E-state index in [1.807, 2.05) is 0 Å². The number of hydrogen-bond donors (Lipinski definition) is 0. The van der Waals surface area contributed by atoms with Gasteiger partial charge in [-0.2, -0.15) is 0 Å². The van der Waals surface area contributed by atoms with Gasteiger partial charge in [0.2, 0.25) is 0 Å². The minimum atomic E-state index is -0.515. The van der Waals surface area contributed by atoms with Gasteiger partial charge in [0.1, 0.15) is 17.4 Å². The number of halogens is 4. The molecule has 0 aliphatic heterocycles. The highest BCUT2D eigenvalue weighted by atomic mass is 79.9. The van der Waals surface area contributed by atoms with Crippen molar-refractivity contribution in [2.24, 2.45) is 0 Å². The summed E-state index contributed by atoms with van der Waals surface area (Å²) < 4.78 is 32.0. The van der Waals surface area contributed by atoms with Gasteiger partial charge >= 0.3 is 0 Å². The number of alkyl halides is 1. The summed E-state index contributed by atoms with van der Waals surface area (Å²) in [6, 6.07) is 8.65. The molecule has 1 nitrogen and oxygen atoms in total. The van der Waals surface area contributed by atoms with Gasteiger partial charge in [-0.3, -0.25) is 0 Å². The molecule has 1 unspecified atom stereocenters. The minimum Gasteiger partial charge on any atom is -0.496 e. The molecule has 0 amide bonds. The van der Waals surface area contributed by atoms with Crippen molar-refractivity contribution in [2.45, 2.75) is 4.83 Å². The van der Waals surface area contributed by atoms with Crippen LogP contribution in [0.1, 0.15) is 16.0 Å². The van der Waals surface area contributed by atoms with E-state index in [0.29, 0.717) is 16.9 Å². The molecule has 0 aromatic heterocycles. The topological polar surface area (TPSA) is 9.23 Å². The molecule has 0 N–H and O–H groups in total. The Morgan fingerprint density at radius 1 is 1.16 bits per heavy atom. The molecule has 1 atom stereocenters. The average molecular weight is 348 g/mol. The number of methoxy groups -OCH3 is 1. The predicted molar refractivity (Wildman–Crippen MR) is 75.1 cm³/mol. The summed E-state index contributed by atoms with van der Waals surface area (Å²) in [4.78, 5) is -0.384. The van der Waals surface area contributed by atoms with Crippen LogP contribution in [0.15, 0.2) is 36.4 Å². The molecule has 2 aromatic carbocycles. The zero-order chi connectivity index (χ0) is 14.0. The van der Waals surface area contributed by atoms with Crippen molar-refractivity contribution >= 4 is 27.5 Å². The fourth-order valence-corrected chi connectivity index (χ4v) is 2.51. The number of rotatable bonds is 3. The molecule has 0 bridgehead atoms. The van der Waals surface area contributed by atoms with Crippen LogP contribution in [0, 0.1) is 11.6 Å². The van der Waals surface area contributed by atoms with E-state index >= 15 is 0 Å². The Hall–Kier alpha value is -1.13. The summed E-state index contributed by atoms with van der Waals surface area (Å²) in [6.45, 7) is 0. The molecule has 19 heavy (non-hydrogen) atoms. The van der Waals surface area contributed by atoms with Crippen LogP contribution in [0.5, 0.6) is 5.75 Å². The summed E-state index contributed by atoms with van der Waals surface area (Å²) in [7, 11) is 1.50. The molecule has 0 aliphatic carbocycles. The second-order valence-corrected chi connectivity index (χ2v) is 5.25. The zero-order valence-corrected chi connectivity index (χ0v) is 12.3.